The van der Waals surface area contributed by atoms with E-state index in [1.807, 2.05) is 13.8 Å². The lowest BCUT2D eigenvalue weighted by Crippen LogP contribution is -2.64. The number of fused-ring (bicyclic) bond motifs is 3. The molecular formula is C27H27ClO8. The first-order chi connectivity index (χ1) is 17.0. The Kier molecular flexibility index (Phi) is 5.98. The van der Waals surface area contributed by atoms with Gasteiger partial charge in [-0.2, -0.15) is 0 Å². The average Bonchev–Trinajstić information content (AvgIpc) is 3.35. The lowest BCUT2D eigenvalue weighted by atomic mass is 9.43. The summed E-state index contributed by atoms with van der Waals surface area (Å²) in [4.78, 5) is 52.5. The first-order valence-corrected chi connectivity index (χ1v) is 12.4. The van der Waals surface area contributed by atoms with Crippen LogP contribution in [0.2, 0.25) is 5.02 Å². The van der Waals surface area contributed by atoms with Crippen molar-refractivity contribution in [3.8, 4) is 0 Å². The highest BCUT2D eigenvalue weighted by Crippen LogP contribution is 2.65. The zero-order chi connectivity index (χ0) is 25.8. The first kappa shape index (κ1) is 24.6. The minimum Gasteiger partial charge on any atom is -0.481 e. The van der Waals surface area contributed by atoms with Crippen molar-refractivity contribution in [2.24, 2.45) is 28.6 Å². The van der Waals surface area contributed by atoms with Gasteiger partial charge in [-0.1, -0.05) is 25.4 Å². The maximum absolute atomic E-state index is 14.1. The quantitative estimate of drug-likeness (QED) is 0.574. The normalized spacial score (nSPS) is 35.8. The number of aliphatic carboxylic acids is 1. The summed E-state index contributed by atoms with van der Waals surface area (Å²) in [5.41, 5.74) is -0.906. The van der Waals surface area contributed by atoms with E-state index in [4.69, 9.17) is 25.5 Å². The molecule has 1 aliphatic heterocycles. The highest BCUT2D eigenvalue weighted by Gasteiger charge is 2.67. The molecule has 0 radical (unpaired) electrons. The molecule has 2 heterocycles. The van der Waals surface area contributed by atoms with Crippen molar-refractivity contribution < 1.29 is 38.2 Å². The number of carbonyl (C=O) groups is 4. The number of hydrogen-bond donors (Lipinski definition) is 1. The number of rotatable bonds is 4. The fourth-order valence-electron chi connectivity index (χ4n) is 6.92. The van der Waals surface area contributed by atoms with E-state index in [9.17, 15) is 24.3 Å². The maximum Gasteiger partial charge on any atom is 0.338 e. The fraction of sp³-hybridized carbons (Fsp3) is 0.481. The number of ether oxygens (including phenoxy) is 2. The molecule has 7 atom stereocenters. The van der Waals surface area contributed by atoms with Gasteiger partial charge < -0.3 is 19.0 Å². The van der Waals surface area contributed by atoms with Crippen LogP contribution in [0.4, 0.5) is 0 Å². The highest BCUT2D eigenvalue weighted by molar-refractivity contribution is 6.30. The second kappa shape index (κ2) is 8.76. The molecule has 5 rings (SSSR count). The molecule has 3 fully saturated rings. The highest BCUT2D eigenvalue weighted by atomic mass is 35.5. The minimum absolute atomic E-state index is 0.114. The SMILES string of the molecule is CC12CCC3C(=O)OC(c4ccoc4)CC3(C)C1C(=O)C(OC(=O)c1ccc(Cl)cc1)CC2C(=O)O. The Morgan fingerprint density at radius 1 is 1.11 bits per heavy atom. The van der Waals surface area contributed by atoms with Gasteiger partial charge >= 0.3 is 17.9 Å². The molecule has 1 N–H and O–H groups in total. The van der Waals surface area contributed by atoms with Gasteiger partial charge in [-0.05, 0) is 60.4 Å². The summed E-state index contributed by atoms with van der Waals surface area (Å²) in [5, 5.41) is 10.6. The number of carboxylic acid groups (broad SMARTS) is 1. The van der Waals surface area contributed by atoms with Gasteiger partial charge in [-0.15, -0.1) is 0 Å². The average molecular weight is 515 g/mol. The van der Waals surface area contributed by atoms with Gasteiger partial charge in [0.25, 0.3) is 0 Å². The van der Waals surface area contributed by atoms with Crippen LogP contribution in [0.15, 0.2) is 47.3 Å². The molecular weight excluding hydrogens is 488 g/mol. The maximum atomic E-state index is 14.1. The number of Topliss-reactive ketones (excluding diaryl/α,β-unsaturated/α-hetero) is 1. The van der Waals surface area contributed by atoms with E-state index in [1.165, 1.54) is 36.8 Å². The van der Waals surface area contributed by atoms with Gasteiger partial charge in [0.2, 0.25) is 0 Å². The molecule has 36 heavy (non-hydrogen) atoms. The van der Waals surface area contributed by atoms with Crippen LogP contribution in [0.1, 0.15) is 61.6 Å². The van der Waals surface area contributed by atoms with Gasteiger partial charge in [0.15, 0.2) is 11.9 Å². The van der Waals surface area contributed by atoms with Crippen molar-refractivity contribution in [3.63, 3.8) is 0 Å². The van der Waals surface area contributed by atoms with E-state index >= 15 is 0 Å². The largest absolute Gasteiger partial charge is 0.481 e. The van der Waals surface area contributed by atoms with Crippen LogP contribution in [0.25, 0.3) is 0 Å². The zero-order valence-corrected chi connectivity index (χ0v) is 20.7. The van der Waals surface area contributed by atoms with Crippen LogP contribution in [0, 0.1) is 28.6 Å². The Morgan fingerprint density at radius 3 is 2.47 bits per heavy atom. The molecule has 190 valence electrons. The van der Waals surface area contributed by atoms with Crippen molar-refractivity contribution >= 4 is 35.3 Å². The number of halogens is 1. The number of cyclic esters (lactones) is 1. The third-order valence-corrected chi connectivity index (χ3v) is 8.90. The second-order valence-corrected chi connectivity index (χ2v) is 11.1. The molecule has 1 aromatic carbocycles. The van der Waals surface area contributed by atoms with E-state index in [0.29, 0.717) is 29.8 Å². The predicted octanol–water partition coefficient (Wildman–Crippen LogP) is 4.86. The molecule has 3 aliphatic rings. The lowest BCUT2D eigenvalue weighted by Gasteiger charge is -2.60. The van der Waals surface area contributed by atoms with Gasteiger partial charge in [-0.3, -0.25) is 14.4 Å². The van der Waals surface area contributed by atoms with Crippen molar-refractivity contribution in [2.45, 2.75) is 51.7 Å². The summed E-state index contributed by atoms with van der Waals surface area (Å²) in [6, 6.07) is 7.76. The fourth-order valence-corrected chi connectivity index (χ4v) is 7.05. The summed E-state index contributed by atoms with van der Waals surface area (Å²) in [6.45, 7) is 3.69. The number of benzene rings is 1. The molecule has 0 amide bonds. The van der Waals surface area contributed by atoms with Gasteiger partial charge in [-0.25, -0.2) is 4.79 Å². The van der Waals surface area contributed by atoms with Crippen molar-refractivity contribution in [1.29, 1.82) is 0 Å². The van der Waals surface area contributed by atoms with Crippen LogP contribution in [-0.4, -0.2) is 34.9 Å². The molecule has 0 bridgehead atoms. The Bertz CT molecular complexity index is 1200. The Labute approximate surface area is 212 Å². The standard InChI is InChI=1S/C27H27ClO8/c1-26-9-7-17-25(33)36-20(15-8-10-34-13-15)12-27(17,2)22(26)21(29)19(11-18(26)23(30)31)35-24(32)14-3-5-16(28)6-4-14/h3-6,8,10,13,17-20,22H,7,9,11-12H2,1-2H3,(H,30,31). The Morgan fingerprint density at radius 2 is 1.83 bits per heavy atom. The van der Waals surface area contributed by atoms with E-state index in [2.05, 4.69) is 0 Å². The molecule has 8 nitrogen and oxygen atoms in total. The topological polar surface area (TPSA) is 120 Å². The number of esters is 2. The molecule has 2 aliphatic carbocycles. The first-order valence-electron chi connectivity index (χ1n) is 12.0. The van der Waals surface area contributed by atoms with E-state index in [0.717, 1.165) is 0 Å². The molecule has 0 spiro atoms. The third-order valence-electron chi connectivity index (χ3n) is 8.64. The van der Waals surface area contributed by atoms with Gasteiger partial charge in [0, 0.05) is 22.9 Å². The van der Waals surface area contributed by atoms with Crippen LogP contribution in [0.5, 0.6) is 0 Å². The van der Waals surface area contributed by atoms with E-state index in [1.54, 1.807) is 6.07 Å². The zero-order valence-electron chi connectivity index (χ0n) is 19.9. The Balaban J connectivity index is 1.52. The number of carboxylic acids is 1. The van der Waals surface area contributed by atoms with Crippen molar-refractivity contribution in [2.75, 3.05) is 0 Å². The number of hydrogen-bond acceptors (Lipinski definition) is 7. The number of carbonyl (C=O) groups excluding carboxylic acids is 3. The van der Waals surface area contributed by atoms with E-state index < -0.39 is 58.7 Å². The van der Waals surface area contributed by atoms with E-state index in [-0.39, 0.29) is 17.8 Å². The molecule has 9 heteroatoms. The monoisotopic (exact) mass is 514 g/mol. The van der Waals surface area contributed by atoms with Crippen LogP contribution in [-0.2, 0) is 23.9 Å². The summed E-state index contributed by atoms with van der Waals surface area (Å²) in [6.07, 6.45) is 2.15. The summed E-state index contributed by atoms with van der Waals surface area (Å²) in [7, 11) is 0. The van der Waals surface area contributed by atoms with Crippen LogP contribution >= 0.6 is 11.6 Å². The molecule has 1 saturated heterocycles. The molecule has 1 aromatic heterocycles. The van der Waals surface area contributed by atoms with Crippen LogP contribution in [0.3, 0.4) is 0 Å². The summed E-state index contributed by atoms with van der Waals surface area (Å²) in [5.74, 6) is -4.83. The summed E-state index contributed by atoms with van der Waals surface area (Å²) < 4.78 is 16.5. The predicted molar refractivity (Wildman–Crippen MR) is 126 cm³/mol. The lowest BCUT2D eigenvalue weighted by molar-refractivity contribution is -0.207. The molecule has 2 saturated carbocycles. The number of ketones is 1. The van der Waals surface area contributed by atoms with Gasteiger partial charge in [0.05, 0.1) is 29.9 Å². The number of furan rings is 1. The van der Waals surface area contributed by atoms with Crippen molar-refractivity contribution in [3.05, 3.63) is 59.0 Å². The molecule has 7 unspecified atom stereocenters. The van der Waals surface area contributed by atoms with Gasteiger partial charge in [0.1, 0.15) is 6.10 Å². The minimum atomic E-state index is -1.24. The third kappa shape index (κ3) is 3.82. The molecule has 2 aromatic rings. The second-order valence-electron chi connectivity index (χ2n) is 10.7. The van der Waals surface area contributed by atoms with Crippen molar-refractivity contribution in [1.82, 2.24) is 0 Å². The Hall–Kier alpha value is -3.13. The summed E-state index contributed by atoms with van der Waals surface area (Å²) >= 11 is 5.90. The smallest absolute Gasteiger partial charge is 0.338 e. The van der Waals surface area contributed by atoms with Crippen LogP contribution < -0.4 is 0 Å².